The van der Waals surface area contributed by atoms with E-state index in [2.05, 4.69) is 67.9 Å². The van der Waals surface area contributed by atoms with E-state index < -0.39 is 11.6 Å². The van der Waals surface area contributed by atoms with Crippen LogP contribution >= 0.6 is 15.9 Å². The minimum absolute atomic E-state index is 0.111. The van der Waals surface area contributed by atoms with Gasteiger partial charge in [-0.3, -0.25) is 9.59 Å². The van der Waals surface area contributed by atoms with Crippen LogP contribution in [0.5, 0.6) is 5.75 Å². The first kappa shape index (κ1) is 26.9. The molecule has 4 rings (SSSR count). The van der Waals surface area contributed by atoms with Crippen molar-refractivity contribution in [2.45, 2.75) is 64.5 Å². The lowest BCUT2D eigenvalue weighted by Gasteiger charge is -2.25. The summed E-state index contributed by atoms with van der Waals surface area (Å²) in [7, 11) is 0. The smallest absolute Gasteiger partial charge is 0.305 e. The molecule has 0 aliphatic carbocycles. The van der Waals surface area contributed by atoms with Crippen molar-refractivity contribution in [1.82, 2.24) is 4.90 Å². The molecule has 3 aromatic rings. The molecule has 194 valence electrons. The number of carbonyl (C=O) groups is 2. The topological polar surface area (TPSA) is 66.8 Å². The Kier molecular flexibility index (Phi) is 7.79. The number of aliphatic carboxylic acids is 1. The van der Waals surface area contributed by atoms with Crippen molar-refractivity contribution in [3.05, 3.63) is 99.0 Å². The second-order valence-electron chi connectivity index (χ2n) is 11.2. The zero-order chi connectivity index (χ0) is 26.8. The second kappa shape index (κ2) is 10.7. The highest BCUT2D eigenvalue weighted by molar-refractivity contribution is 9.10. The fraction of sp³-hybridized carbons (Fsp3) is 0.355. The summed E-state index contributed by atoms with van der Waals surface area (Å²) in [6.45, 7) is 9.21. The molecule has 1 aliphatic rings. The number of fused-ring (bicyclic) bond motifs is 1. The molecule has 0 saturated heterocycles. The van der Waals surface area contributed by atoms with Gasteiger partial charge in [0.1, 0.15) is 11.4 Å². The summed E-state index contributed by atoms with van der Waals surface area (Å²) in [5, 5.41) is 9.22. The van der Waals surface area contributed by atoms with Gasteiger partial charge in [-0.1, -0.05) is 73.1 Å². The van der Waals surface area contributed by atoms with E-state index in [0.29, 0.717) is 18.5 Å². The Morgan fingerprint density at radius 2 is 1.76 bits per heavy atom. The van der Waals surface area contributed by atoms with Crippen LogP contribution in [0.3, 0.4) is 0 Å². The number of carboxylic acids is 1. The maximum atomic E-state index is 13.5. The number of hydrogen-bond donors (Lipinski definition) is 1. The third kappa shape index (κ3) is 6.80. The van der Waals surface area contributed by atoms with Crippen LogP contribution in [0.4, 0.5) is 0 Å². The normalized spacial score (nSPS) is 16.7. The van der Waals surface area contributed by atoms with Crippen LogP contribution in [0.25, 0.3) is 0 Å². The largest absolute Gasteiger partial charge is 0.487 e. The van der Waals surface area contributed by atoms with Crippen LogP contribution in [-0.4, -0.2) is 34.0 Å². The maximum absolute atomic E-state index is 13.5. The van der Waals surface area contributed by atoms with Crippen molar-refractivity contribution in [2.24, 2.45) is 0 Å². The Bertz CT molecular complexity index is 1300. The van der Waals surface area contributed by atoms with Gasteiger partial charge in [-0.15, -0.1) is 0 Å². The van der Waals surface area contributed by atoms with Crippen LogP contribution in [-0.2, 0) is 29.6 Å². The number of hydrogen-bond acceptors (Lipinski definition) is 3. The predicted molar refractivity (Wildman–Crippen MR) is 149 cm³/mol. The molecule has 1 N–H and O–H groups in total. The highest BCUT2D eigenvalue weighted by atomic mass is 79.9. The van der Waals surface area contributed by atoms with E-state index in [0.717, 1.165) is 27.8 Å². The lowest BCUT2D eigenvalue weighted by molar-refractivity contribution is -0.137. The SMILES string of the molecule is CC(C)(C)c1ccc(C[C@]2(C)Cc3cc(C(=O)N(CCC(=O)O)Cc4cccc(Br)c4)ccc3O2)cc1. The van der Waals surface area contributed by atoms with Crippen LogP contribution in [0.1, 0.15) is 66.7 Å². The van der Waals surface area contributed by atoms with E-state index in [1.807, 2.05) is 36.4 Å². The number of rotatable bonds is 8. The maximum Gasteiger partial charge on any atom is 0.305 e. The van der Waals surface area contributed by atoms with Crippen LogP contribution < -0.4 is 4.74 Å². The van der Waals surface area contributed by atoms with Crippen molar-refractivity contribution in [2.75, 3.05) is 6.54 Å². The lowest BCUT2D eigenvalue weighted by Crippen LogP contribution is -2.33. The third-order valence-corrected chi connectivity index (χ3v) is 7.26. The predicted octanol–water partition coefficient (Wildman–Crippen LogP) is 6.80. The summed E-state index contributed by atoms with van der Waals surface area (Å²) in [5.41, 5.74) is 4.71. The molecule has 0 fully saturated rings. The molecule has 0 saturated carbocycles. The Morgan fingerprint density at radius 3 is 2.41 bits per heavy atom. The average Bonchev–Trinajstić information content (AvgIpc) is 3.15. The Hall–Kier alpha value is -3.12. The Balaban J connectivity index is 1.50. The number of nitrogens with zero attached hydrogens (tertiary/aromatic N) is 1. The minimum atomic E-state index is -0.930. The van der Waals surface area contributed by atoms with Crippen molar-refractivity contribution in [3.63, 3.8) is 0 Å². The van der Waals surface area contributed by atoms with Gasteiger partial charge in [0.15, 0.2) is 0 Å². The highest BCUT2D eigenvalue weighted by Crippen LogP contribution is 2.38. The zero-order valence-corrected chi connectivity index (χ0v) is 23.5. The van der Waals surface area contributed by atoms with Crippen molar-refractivity contribution in [1.29, 1.82) is 0 Å². The zero-order valence-electron chi connectivity index (χ0n) is 21.9. The molecular formula is C31H34BrNO4. The lowest BCUT2D eigenvalue weighted by atomic mass is 9.85. The number of carboxylic acid groups (broad SMARTS) is 1. The highest BCUT2D eigenvalue weighted by Gasteiger charge is 2.35. The number of ether oxygens (including phenoxy) is 1. The summed E-state index contributed by atoms with van der Waals surface area (Å²) in [6, 6.07) is 22.0. The fourth-order valence-corrected chi connectivity index (χ4v) is 5.28. The molecule has 1 amide bonds. The summed E-state index contributed by atoms with van der Waals surface area (Å²) in [6.07, 6.45) is 1.36. The average molecular weight is 565 g/mol. The van der Waals surface area contributed by atoms with Gasteiger partial charge in [0.25, 0.3) is 5.91 Å². The first-order valence-electron chi connectivity index (χ1n) is 12.6. The minimum Gasteiger partial charge on any atom is -0.487 e. The van der Waals surface area contributed by atoms with Gasteiger partial charge in [0.05, 0.1) is 6.42 Å². The summed E-state index contributed by atoms with van der Waals surface area (Å²) in [5.74, 6) is -0.314. The van der Waals surface area contributed by atoms with Gasteiger partial charge in [-0.05, 0) is 64.9 Å². The van der Waals surface area contributed by atoms with E-state index in [-0.39, 0.29) is 24.3 Å². The van der Waals surface area contributed by atoms with E-state index >= 15 is 0 Å². The summed E-state index contributed by atoms with van der Waals surface area (Å²) >= 11 is 3.46. The number of halogens is 1. The first-order valence-corrected chi connectivity index (χ1v) is 13.4. The molecule has 0 bridgehead atoms. The molecule has 0 radical (unpaired) electrons. The summed E-state index contributed by atoms with van der Waals surface area (Å²) < 4.78 is 7.29. The van der Waals surface area contributed by atoms with Gasteiger partial charge in [-0.2, -0.15) is 0 Å². The molecule has 1 atom stereocenters. The molecule has 0 spiro atoms. The van der Waals surface area contributed by atoms with Gasteiger partial charge < -0.3 is 14.7 Å². The molecule has 3 aromatic carbocycles. The van der Waals surface area contributed by atoms with Crippen molar-refractivity contribution < 1.29 is 19.4 Å². The van der Waals surface area contributed by atoms with Crippen LogP contribution in [0.2, 0.25) is 0 Å². The molecule has 0 unspecified atom stereocenters. The molecule has 37 heavy (non-hydrogen) atoms. The molecule has 1 aliphatic heterocycles. The van der Waals surface area contributed by atoms with E-state index in [1.54, 1.807) is 11.0 Å². The Labute approximate surface area is 227 Å². The molecule has 1 heterocycles. The van der Waals surface area contributed by atoms with Crippen molar-refractivity contribution >= 4 is 27.8 Å². The molecule has 6 heteroatoms. The first-order chi connectivity index (χ1) is 17.4. The van der Waals surface area contributed by atoms with E-state index in [9.17, 15) is 14.7 Å². The molecule has 0 aromatic heterocycles. The third-order valence-electron chi connectivity index (χ3n) is 6.77. The standard InChI is InChI=1S/C31H34BrNO4/c1-30(2,3)25-11-8-21(9-12-25)18-31(4)19-24-17-23(10-13-27(24)37-31)29(36)33(15-14-28(34)35)20-22-6-5-7-26(32)16-22/h5-13,16-17H,14-15,18-20H2,1-4H3,(H,34,35)/t31-/m1/s1. The van der Waals surface area contributed by atoms with E-state index in [4.69, 9.17) is 4.74 Å². The quantitative estimate of drug-likeness (QED) is 0.327. The number of benzene rings is 3. The van der Waals surface area contributed by atoms with Gasteiger partial charge >= 0.3 is 5.97 Å². The van der Waals surface area contributed by atoms with Gasteiger partial charge in [0.2, 0.25) is 0 Å². The van der Waals surface area contributed by atoms with Crippen LogP contribution in [0.15, 0.2) is 71.2 Å². The van der Waals surface area contributed by atoms with Gasteiger partial charge in [-0.25, -0.2) is 0 Å². The Morgan fingerprint density at radius 1 is 1.03 bits per heavy atom. The number of amides is 1. The summed E-state index contributed by atoms with van der Waals surface area (Å²) in [4.78, 5) is 26.3. The van der Waals surface area contributed by atoms with E-state index in [1.165, 1.54) is 11.1 Å². The van der Waals surface area contributed by atoms with Crippen LogP contribution in [0, 0.1) is 0 Å². The van der Waals surface area contributed by atoms with Crippen molar-refractivity contribution in [3.8, 4) is 5.75 Å². The molecule has 5 nitrogen and oxygen atoms in total. The second-order valence-corrected chi connectivity index (χ2v) is 12.1. The van der Waals surface area contributed by atoms with Gasteiger partial charge in [0, 0.05) is 36.0 Å². The number of carbonyl (C=O) groups excluding carboxylic acids is 1. The monoisotopic (exact) mass is 563 g/mol. The molecular weight excluding hydrogens is 530 g/mol. The fourth-order valence-electron chi connectivity index (χ4n) is 4.83.